The molecule has 0 saturated carbocycles. The molecule has 0 radical (unpaired) electrons. The molecule has 18 heavy (non-hydrogen) atoms. The third kappa shape index (κ3) is 3.09. The van der Waals surface area contributed by atoms with Gasteiger partial charge in [-0.2, -0.15) is 0 Å². The first kappa shape index (κ1) is 15.1. The maximum Gasteiger partial charge on any atom is 0.316 e. The highest BCUT2D eigenvalue weighted by atomic mass is 79.9. The van der Waals surface area contributed by atoms with E-state index in [0.29, 0.717) is 4.47 Å². The molecule has 1 aromatic carbocycles. The van der Waals surface area contributed by atoms with Crippen molar-refractivity contribution >= 4 is 21.9 Å². The molecular formula is C13H16BrFO3. The summed E-state index contributed by atoms with van der Waals surface area (Å²) in [5.74, 6) is -1.02. The minimum absolute atomic E-state index is 0.115. The standard InChI is InChI=1S/C13H16BrFO3/c1-3-18-12(17)13(2,6-7-16)10-5-4-9(14)8-11(10)15/h4-5,8,16H,3,6-7H2,1-2H3. The average Bonchev–Trinajstić information content (AvgIpc) is 2.29. The van der Waals surface area contributed by atoms with Crippen LogP contribution in [0.4, 0.5) is 4.39 Å². The molecule has 1 aromatic rings. The van der Waals surface area contributed by atoms with Gasteiger partial charge in [-0.15, -0.1) is 0 Å². The zero-order valence-corrected chi connectivity index (χ0v) is 12.0. The lowest BCUT2D eigenvalue weighted by Gasteiger charge is -2.27. The predicted molar refractivity (Wildman–Crippen MR) is 69.8 cm³/mol. The maximum absolute atomic E-state index is 14.0. The fourth-order valence-electron chi connectivity index (χ4n) is 1.80. The highest BCUT2D eigenvalue weighted by molar-refractivity contribution is 9.10. The van der Waals surface area contributed by atoms with Crippen molar-refractivity contribution in [2.45, 2.75) is 25.7 Å². The predicted octanol–water partition coefficient (Wildman–Crippen LogP) is 2.79. The van der Waals surface area contributed by atoms with Crippen molar-refractivity contribution in [3.05, 3.63) is 34.1 Å². The molecule has 0 aromatic heterocycles. The third-order valence-corrected chi connectivity index (χ3v) is 3.36. The van der Waals surface area contributed by atoms with E-state index in [1.807, 2.05) is 0 Å². The Morgan fingerprint density at radius 2 is 2.22 bits per heavy atom. The first-order valence-corrected chi connectivity index (χ1v) is 6.48. The topological polar surface area (TPSA) is 46.5 Å². The van der Waals surface area contributed by atoms with E-state index in [9.17, 15) is 9.18 Å². The van der Waals surface area contributed by atoms with Crippen LogP contribution in [0.25, 0.3) is 0 Å². The molecule has 3 nitrogen and oxygen atoms in total. The molecule has 0 heterocycles. The van der Waals surface area contributed by atoms with Gasteiger partial charge in [0, 0.05) is 16.6 Å². The van der Waals surface area contributed by atoms with Gasteiger partial charge in [0.2, 0.25) is 0 Å². The minimum Gasteiger partial charge on any atom is -0.465 e. The van der Waals surface area contributed by atoms with Gasteiger partial charge in [-0.05, 0) is 32.4 Å². The second kappa shape index (κ2) is 6.29. The molecule has 1 unspecified atom stereocenters. The zero-order chi connectivity index (χ0) is 13.8. The normalized spacial score (nSPS) is 14.1. The van der Waals surface area contributed by atoms with E-state index in [1.54, 1.807) is 19.9 Å². The molecule has 0 aliphatic heterocycles. The molecule has 0 fully saturated rings. The third-order valence-electron chi connectivity index (χ3n) is 2.86. The molecule has 1 atom stereocenters. The molecule has 0 aliphatic rings. The van der Waals surface area contributed by atoms with Gasteiger partial charge >= 0.3 is 5.97 Å². The van der Waals surface area contributed by atoms with Crippen molar-refractivity contribution in [3.63, 3.8) is 0 Å². The Bertz CT molecular complexity index is 436. The van der Waals surface area contributed by atoms with Crippen molar-refractivity contribution in [2.75, 3.05) is 13.2 Å². The molecule has 1 N–H and O–H groups in total. The highest BCUT2D eigenvalue weighted by Crippen LogP contribution is 2.32. The van der Waals surface area contributed by atoms with Crippen LogP contribution in [0.3, 0.4) is 0 Å². The number of hydrogen-bond acceptors (Lipinski definition) is 3. The number of carbonyl (C=O) groups is 1. The van der Waals surface area contributed by atoms with Crippen LogP contribution < -0.4 is 0 Å². The van der Waals surface area contributed by atoms with Gasteiger partial charge in [0.25, 0.3) is 0 Å². The van der Waals surface area contributed by atoms with Crippen molar-refractivity contribution in [1.82, 2.24) is 0 Å². The van der Waals surface area contributed by atoms with Crippen LogP contribution in [0, 0.1) is 5.82 Å². The molecule has 0 aliphatic carbocycles. The quantitative estimate of drug-likeness (QED) is 0.849. The summed E-state index contributed by atoms with van der Waals surface area (Å²) < 4.78 is 19.5. The first-order chi connectivity index (χ1) is 8.45. The van der Waals surface area contributed by atoms with Gasteiger partial charge < -0.3 is 9.84 Å². The van der Waals surface area contributed by atoms with Gasteiger partial charge in [-0.25, -0.2) is 4.39 Å². The summed E-state index contributed by atoms with van der Waals surface area (Å²) in [5, 5.41) is 9.09. The van der Waals surface area contributed by atoms with E-state index in [0.717, 1.165) is 0 Å². The lowest BCUT2D eigenvalue weighted by molar-refractivity contribution is -0.150. The second-order valence-corrected chi connectivity index (χ2v) is 5.07. The average molecular weight is 319 g/mol. The number of aliphatic hydroxyl groups is 1. The Morgan fingerprint density at radius 1 is 1.56 bits per heavy atom. The Kier molecular flexibility index (Phi) is 5.28. The monoisotopic (exact) mass is 318 g/mol. The lowest BCUT2D eigenvalue weighted by Crippen LogP contribution is -2.36. The zero-order valence-electron chi connectivity index (χ0n) is 10.4. The van der Waals surface area contributed by atoms with Gasteiger partial charge in [0.05, 0.1) is 12.0 Å². The summed E-state index contributed by atoms with van der Waals surface area (Å²) >= 11 is 3.16. The van der Waals surface area contributed by atoms with Gasteiger partial charge in [0.15, 0.2) is 0 Å². The largest absolute Gasteiger partial charge is 0.465 e. The number of benzene rings is 1. The molecule has 1 rings (SSSR count). The van der Waals surface area contributed by atoms with E-state index in [2.05, 4.69) is 15.9 Å². The SMILES string of the molecule is CCOC(=O)C(C)(CCO)c1ccc(Br)cc1F. The molecule has 100 valence electrons. The lowest BCUT2D eigenvalue weighted by atomic mass is 9.79. The molecule has 0 amide bonds. The van der Waals surface area contributed by atoms with E-state index >= 15 is 0 Å². The van der Waals surface area contributed by atoms with Crippen LogP contribution >= 0.6 is 15.9 Å². The summed E-state index contributed by atoms with van der Waals surface area (Å²) in [6.45, 7) is 3.27. The molecular weight excluding hydrogens is 303 g/mol. The van der Waals surface area contributed by atoms with Crippen molar-refractivity contribution < 1.29 is 19.0 Å². The Balaban J connectivity index is 3.21. The van der Waals surface area contributed by atoms with Crippen LogP contribution in [0.2, 0.25) is 0 Å². The number of halogens is 2. The van der Waals surface area contributed by atoms with Crippen molar-refractivity contribution in [1.29, 1.82) is 0 Å². The van der Waals surface area contributed by atoms with Crippen LogP contribution in [-0.2, 0) is 14.9 Å². The number of carbonyl (C=O) groups excluding carboxylic acids is 1. The molecule has 0 bridgehead atoms. The maximum atomic E-state index is 14.0. The van der Waals surface area contributed by atoms with Gasteiger partial charge in [0.1, 0.15) is 5.82 Å². The first-order valence-electron chi connectivity index (χ1n) is 5.69. The summed E-state index contributed by atoms with van der Waals surface area (Å²) in [7, 11) is 0. The van der Waals surface area contributed by atoms with E-state index in [-0.39, 0.29) is 25.2 Å². The van der Waals surface area contributed by atoms with Crippen LogP contribution in [0.5, 0.6) is 0 Å². The van der Waals surface area contributed by atoms with Crippen LogP contribution in [0.1, 0.15) is 25.8 Å². The fraction of sp³-hybridized carbons (Fsp3) is 0.462. The summed E-state index contributed by atoms with van der Waals surface area (Å²) in [6, 6.07) is 4.49. The van der Waals surface area contributed by atoms with E-state index < -0.39 is 17.2 Å². The second-order valence-electron chi connectivity index (χ2n) is 4.15. The molecule has 0 spiro atoms. The smallest absolute Gasteiger partial charge is 0.316 e. The fourth-order valence-corrected chi connectivity index (χ4v) is 2.13. The van der Waals surface area contributed by atoms with Crippen molar-refractivity contribution in [2.24, 2.45) is 0 Å². The summed E-state index contributed by atoms with van der Waals surface area (Å²) in [4.78, 5) is 12.0. The van der Waals surface area contributed by atoms with Gasteiger partial charge in [-0.1, -0.05) is 22.0 Å². The summed E-state index contributed by atoms with van der Waals surface area (Å²) in [6.07, 6.45) is 0.115. The van der Waals surface area contributed by atoms with E-state index in [4.69, 9.17) is 9.84 Å². The number of ether oxygens (including phenoxy) is 1. The van der Waals surface area contributed by atoms with Crippen LogP contribution in [-0.4, -0.2) is 24.3 Å². The highest BCUT2D eigenvalue weighted by Gasteiger charge is 2.38. The Labute approximate surface area is 114 Å². The molecule has 0 saturated heterocycles. The minimum atomic E-state index is -1.17. The molecule has 5 heteroatoms. The summed E-state index contributed by atoms with van der Waals surface area (Å²) in [5.41, 5.74) is -0.937. The van der Waals surface area contributed by atoms with E-state index in [1.165, 1.54) is 12.1 Å². The van der Waals surface area contributed by atoms with Gasteiger partial charge in [-0.3, -0.25) is 4.79 Å². The Hall–Kier alpha value is -0.940. The number of aliphatic hydroxyl groups excluding tert-OH is 1. The van der Waals surface area contributed by atoms with Crippen molar-refractivity contribution in [3.8, 4) is 0 Å². The Morgan fingerprint density at radius 3 is 2.72 bits per heavy atom. The van der Waals surface area contributed by atoms with Crippen LogP contribution in [0.15, 0.2) is 22.7 Å². The number of rotatable bonds is 5. The number of hydrogen-bond donors (Lipinski definition) is 1. The number of esters is 1.